The van der Waals surface area contributed by atoms with Crippen molar-refractivity contribution in [3.63, 3.8) is 0 Å². The molecule has 2 saturated heterocycles. The molecule has 2 aliphatic heterocycles. The van der Waals surface area contributed by atoms with Gasteiger partial charge in [0.05, 0.1) is 25.4 Å². The Morgan fingerprint density at radius 1 is 0.882 bits per heavy atom. The van der Waals surface area contributed by atoms with Crippen molar-refractivity contribution in [2.75, 3.05) is 13.2 Å². The van der Waals surface area contributed by atoms with Gasteiger partial charge < -0.3 is 34.6 Å². The molecule has 7 nitrogen and oxygen atoms in total. The summed E-state index contributed by atoms with van der Waals surface area (Å²) in [7, 11) is 0. The number of hydrogen-bond acceptors (Lipinski definition) is 7. The first kappa shape index (κ1) is 13.2. The Hall–Kier alpha value is -0.280. The van der Waals surface area contributed by atoms with E-state index in [-0.39, 0.29) is 26.1 Å². The van der Waals surface area contributed by atoms with Crippen molar-refractivity contribution in [1.82, 2.24) is 0 Å². The van der Waals surface area contributed by atoms with Crippen LogP contribution in [0.3, 0.4) is 0 Å². The fraction of sp³-hybridized carbons (Fsp3) is 1.00. The summed E-state index contributed by atoms with van der Waals surface area (Å²) in [6.07, 6.45) is -3.60. The van der Waals surface area contributed by atoms with E-state index >= 15 is 0 Å². The average molecular weight is 250 g/mol. The maximum Gasteiger partial charge on any atom is 0.163 e. The predicted molar refractivity (Wildman–Crippen MR) is 53.8 cm³/mol. The van der Waals surface area contributed by atoms with E-state index in [2.05, 4.69) is 0 Å². The van der Waals surface area contributed by atoms with E-state index in [0.717, 1.165) is 0 Å². The van der Waals surface area contributed by atoms with Crippen LogP contribution in [0.4, 0.5) is 0 Å². The highest BCUT2D eigenvalue weighted by molar-refractivity contribution is 4.80. The van der Waals surface area contributed by atoms with Crippen LogP contribution in [0.15, 0.2) is 0 Å². The maximum atomic E-state index is 9.49. The lowest BCUT2D eigenvalue weighted by Crippen LogP contribution is -2.26. The summed E-state index contributed by atoms with van der Waals surface area (Å²) in [6, 6.07) is 0. The first-order chi connectivity index (χ1) is 8.13. The molecule has 0 aromatic heterocycles. The Balaban J connectivity index is 1.79. The molecule has 0 radical (unpaired) electrons. The third-order valence-corrected chi connectivity index (χ3v) is 3.04. The molecule has 17 heavy (non-hydrogen) atoms. The summed E-state index contributed by atoms with van der Waals surface area (Å²) in [5, 5.41) is 36.8. The van der Waals surface area contributed by atoms with Gasteiger partial charge in [-0.2, -0.15) is 0 Å². The second kappa shape index (κ2) is 5.57. The fourth-order valence-corrected chi connectivity index (χ4v) is 2.05. The monoisotopic (exact) mass is 250 g/mol. The van der Waals surface area contributed by atoms with Crippen LogP contribution in [0.1, 0.15) is 12.8 Å². The van der Waals surface area contributed by atoms with Gasteiger partial charge in [0.2, 0.25) is 0 Å². The smallest absolute Gasteiger partial charge is 0.163 e. The molecule has 0 aromatic carbocycles. The Morgan fingerprint density at radius 2 is 1.29 bits per heavy atom. The Labute approximate surface area is 98.5 Å². The maximum absolute atomic E-state index is 9.49. The van der Waals surface area contributed by atoms with E-state index in [1.165, 1.54) is 0 Å². The van der Waals surface area contributed by atoms with Crippen LogP contribution < -0.4 is 0 Å². The normalized spacial score (nSPS) is 46.6. The minimum absolute atomic E-state index is 0.255. The molecule has 2 heterocycles. The second-order valence-electron chi connectivity index (χ2n) is 4.32. The zero-order valence-corrected chi connectivity index (χ0v) is 9.31. The molecule has 7 heteroatoms. The number of aliphatic hydroxyl groups excluding tert-OH is 4. The van der Waals surface area contributed by atoms with Gasteiger partial charge in [-0.05, 0) is 0 Å². The SMILES string of the molecule is OC[C@H]1OC(OC2C[C@H](O)[C@@H](CO)O2)C[C@@H]1O. The van der Waals surface area contributed by atoms with Gasteiger partial charge >= 0.3 is 0 Å². The van der Waals surface area contributed by atoms with Crippen molar-refractivity contribution in [2.24, 2.45) is 0 Å². The summed E-state index contributed by atoms with van der Waals surface area (Å²) >= 11 is 0. The van der Waals surface area contributed by atoms with Gasteiger partial charge in [0.25, 0.3) is 0 Å². The molecule has 2 unspecified atom stereocenters. The van der Waals surface area contributed by atoms with Gasteiger partial charge in [0, 0.05) is 12.8 Å². The van der Waals surface area contributed by atoms with Crippen molar-refractivity contribution in [1.29, 1.82) is 0 Å². The summed E-state index contributed by atoms with van der Waals surface area (Å²) in [4.78, 5) is 0. The minimum Gasteiger partial charge on any atom is -0.394 e. The molecular weight excluding hydrogens is 232 g/mol. The first-order valence-corrected chi connectivity index (χ1v) is 5.68. The number of rotatable bonds is 4. The van der Waals surface area contributed by atoms with Crippen LogP contribution in [0.25, 0.3) is 0 Å². The van der Waals surface area contributed by atoms with Gasteiger partial charge in [-0.15, -0.1) is 0 Å². The Bertz CT molecular complexity index is 225. The molecule has 6 atom stereocenters. The van der Waals surface area contributed by atoms with Crippen LogP contribution in [0, 0.1) is 0 Å². The van der Waals surface area contributed by atoms with Gasteiger partial charge in [-0.25, -0.2) is 0 Å². The van der Waals surface area contributed by atoms with Gasteiger partial charge in [0.1, 0.15) is 12.2 Å². The third-order valence-electron chi connectivity index (χ3n) is 3.04. The first-order valence-electron chi connectivity index (χ1n) is 5.68. The van der Waals surface area contributed by atoms with Crippen molar-refractivity contribution < 1.29 is 34.6 Å². The van der Waals surface area contributed by atoms with E-state index in [1.807, 2.05) is 0 Å². The Kier molecular flexibility index (Phi) is 4.31. The molecule has 100 valence electrons. The van der Waals surface area contributed by atoms with E-state index < -0.39 is 37.0 Å². The van der Waals surface area contributed by atoms with Crippen LogP contribution in [0.5, 0.6) is 0 Å². The number of aliphatic hydroxyl groups is 4. The summed E-state index contributed by atoms with van der Waals surface area (Å²) in [5.74, 6) is 0. The van der Waals surface area contributed by atoms with Gasteiger partial charge in [-0.3, -0.25) is 0 Å². The van der Waals surface area contributed by atoms with E-state index in [9.17, 15) is 10.2 Å². The number of ether oxygens (including phenoxy) is 3. The highest BCUT2D eigenvalue weighted by Gasteiger charge is 2.39. The molecular formula is C10H18O7. The lowest BCUT2D eigenvalue weighted by Gasteiger charge is -2.18. The summed E-state index contributed by atoms with van der Waals surface area (Å²) in [6.45, 7) is -0.539. The second-order valence-corrected chi connectivity index (χ2v) is 4.32. The van der Waals surface area contributed by atoms with E-state index in [4.69, 9.17) is 24.4 Å². The quantitative estimate of drug-likeness (QED) is 0.454. The molecule has 2 aliphatic rings. The molecule has 0 aromatic rings. The zero-order chi connectivity index (χ0) is 12.4. The molecule has 0 aliphatic carbocycles. The summed E-state index contributed by atoms with van der Waals surface area (Å²) in [5.41, 5.74) is 0. The molecule has 0 bridgehead atoms. The van der Waals surface area contributed by atoms with Crippen LogP contribution in [0.2, 0.25) is 0 Å². The zero-order valence-electron chi connectivity index (χ0n) is 9.31. The van der Waals surface area contributed by atoms with Crippen molar-refractivity contribution in [2.45, 2.75) is 49.8 Å². The van der Waals surface area contributed by atoms with Gasteiger partial charge in [0.15, 0.2) is 12.6 Å². The average Bonchev–Trinajstić information content (AvgIpc) is 2.82. The molecule has 4 N–H and O–H groups in total. The molecule has 0 amide bonds. The predicted octanol–water partition coefficient (Wildman–Crippen LogP) is -2.06. The van der Waals surface area contributed by atoms with Crippen LogP contribution in [-0.4, -0.2) is 70.6 Å². The van der Waals surface area contributed by atoms with Crippen molar-refractivity contribution in [3.8, 4) is 0 Å². The highest BCUT2D eigenvalue weighted by atomic mass is 16.8. The highest BCUT2D eigenvalue weighted by Crippen LogP contribution is 2.27. The minimum atomic E-state index is -0.759. The lowest BCUT2D eigenvalue weighted by molar-refractivity contribution is -0.237. The molecule has 0 saturated carbocycles. The molecule has 2 fully saturated rings. The van der Waals surface area contributed by atoms with Crippen molar-refractivity contribution >= 4 is 0 Å². The fourth-order valence-electron chi connectivity index (χ4n) is 2.05. The molecule has 2 rings (SSSR count). The van der Waals surface area contributed by atoms with E-state index in [0.29, 0.717) is 0 Å². The largest absolute Gasteiger partial charge is 0.394 e. The van der Waals surface area contributed by atoms with E-state index in [1.54, 1.807) is 0 Å². The van der Waals surface area contributed by atoms with Crippen LogP contribution >= 0.6 is 0 Å². The Morgan fingerprint density at radius 3 is 1.59 bits per heavy atom. The topological polar surface area (TPSA) is 109 Å². The van der Waals surface area contributed by atoms with Gasteiger partial charge in [-0.1, -0.05) is 0 Å². The van der Waals surface area contributed by atoms with Crippen LogP contribution in [-0.2, 0) is 14.2 Å². The van der Waals surface area contributed by atoms with Crippen molar-refractivity contribution in [3.05, 3.63) is 0 Å². The molecule has 0 spiro atoms. The summed E-state index contributed by atoms with van der Waals surface area (Å²) < 4.78 is 15.9. The lowest BCUT2D eigenvalue weighted by atomic mass is 10.2. The standard InChI is InChI=1S/C10H18O7/c11-3-7-5(13)1-9(15-7)17-10-2-6(14)8(4-12)16-10/h5-14H,1-4H2/t5-,6-,7+,8+,9?,10?/m0/s1. The number of hydrogen-bond donors (Lipinski definition) is 4. The third kappa shape index (κ3) is 2.94.